The maximum absolute atomic E-state index is 7.45. The van der Waals surface area contributed by atoms with Gasteiger partial charge in [-0.1, -0.05) is 23.7 Å². The van der Waals surface area contributed by atoms with E-state index in [0.29, 0.717) is 5.69 Å². The van der Waals surface area contributed by atoms with E-state index in [2.05, 4.69) is 16.8 Å². The van der Waals surface area contributed by atoms with E-state index in [1.165, 1.54) is 0 Å². The van der Waals surface area contributed by atoms with Gasteiger partial charge in [0, 0.05) is 24.0 Å². The van der Waals surface area contributed by atoms with E-state index in [1.807, 2.05) is 43.4 Å². The van der Waals surface area contributed by atoms with Gasteiger partial charge in [-0.3, -0.25) is 10.4 Å². The molecule has 1 heterocycles. The van der Waals surface area contributed by atoms with Crippen molar-refractivity contribution in [1.82, 2.24) is 4.98 Å². The summed E-state index contributed by atoms with van der Waals surface area (Å²) in [7, 11) is 2.00. The summed E-state index contributed by atoms with van der Waals surface area (Å²) in [5.41, 5.74) is 8.09. The number of rotatable bonds is 4. The Morgan fingerprint density at radius 3 is 2.55 bits per heavy atom. The lowest BCUT2D eigenvalue weighted by atomic mass is 10.1. The zero-order chi connectivity index (χ0) is 14.7. The Morgan fingerprint density at radius 2 is 1.95 bits per heavy atom. The third kappa shape index (κ3) is 3.08. The molecule has 1 aromatic heterocycles. The molecule has 2 rings (SSSR count). The summed E-state index contributed by atoms with van der Waals surface area (Å²) in [5.74, 6) is -0.0283. The number of nitrogen functional groups attached to an aromatic ring is 1. The van der Waals surface area contributed by atoms with Crippen LogP contribution in [0.4, 0.5) is 5.69 Å². The number of aromatic nitrogens is 1. The zero-order valence-electron chi connectivity index (χ0n) is 11.5. The number of halogens is 1. The van der Waals surface area contributed by atoms with Crippen molar-refractivity contribution < 1.29 is 0 Å². The van der Waals surface area contributed by atoms with Crippen LogP contribution < -0.4 is 10.6 Å². The fourth-order valence-corrected chi connectivity index (χ4v) is 2.10. The summed E-state index contributed by atoms with van der Waals surface area (Å²) in [4.78, 5) is 6.18. The van der Waals surface area contributed by atoms with E-state index in [4.69, 9.17) is 22.7 Å². The molecule has 0 aliphatic heterocycles. The summed E-state index contributed by atoms with van der Waals surface area (Å²) in [5, 5.41) is 8.18. The lowest BCUT2D eigenvalue weighted by Crippen LogP contribution is -2.22. The van der Waals surface area contributed by atoms with E-state index < -0.39 is 0 Å². The van der Waals surface area contributed by atoms with Crippen molar-refractivity contribution >= 4 is 23.1 Å². The molecule has 0 aliphatic rings. The molecule has 4 nitrogen and oxygen atoms in total. The second-order valence-electron chi connectivity index (χ2n) is 4.65. The van der Waals surface area contributed by atoms with Crippen LogP contribution in [0, 0.1) is 5.41 Å². The number of benzene rings is 1. The van der Waals surface area contributed by atoms with E-state index >= 15 is 0 Å². The third-order valence-corrected chi connectivity index (χ3v) is 3.61. The van der Waals surface area contributed by atoms with Gasteiger partial charge in [0.05, 0.1) is 6.04 Å². The number of nitrogens with zero attached hydrogens (tertiary/aromatic N) is 2. The Labute approximate surface area is 123 Å². The van der Waals surface area contributed by atoms with Crippen LogP contribution in [-0.4, -0.2) is 17.9 Å². The van der Waals surface area contributed by atoms with Crippen molar-refractivity contribution in [3.63, 3.8) is 0 Å². The van der Waals surface area contributed by atoms with E-state index in [1.54, 1.807) is 6.20 Å². The second kappa shape index (κ2) is 5.92. The summed E-state index contributed by atoms with van der Waals surface area (Å²) in [6.45, 7) is 2.11. The summed E-state index contributed by atoms with van der Waals surface area (Å²) < 4.78 is 0. The molecule has 0 radical (unpaired) electrons. The van der Waals surface area contributed by atoms with Crippen molar-refractivity contribution in [2.45, 2.75) is 13.0 Å². The summed E-state index contributed by atoms with van der Waals surface area (Å²) >= 11 is 5.91. The highest BCUT2D eigenvalue weighted by Gasteiger charge is 2.13. The molecule has 3 N–H and O–H groups in total. The average molecular weight is 289 g/mol. The Morgan fingerprint density at radius 1 is 1.30 bits per heavy atom. The molecule has 1 aromatic carbocycles. The molecule has 5 heteroatoms. The Balaban J connectivity index is 2.26. The minimum atomic E-state index is -0.0283. The minimum Gasteiger partial charge on any atom is -0.382 e. The fraction of sp³-hybridized carbons (Fsp3) is 0.200. The SMILES string of the molecule is CC(c1ccc(Cl)cc1)N(C)c1ccnc(C(=N)N)c1. The molecule has 0 saturated heterocycles. The first-order chi connectivity index (χ1) is 9.49. The van der Waals surface area contributed by atoms with Gasteiger partial charge in [-0.15, -0.1) is 0 Å². The number of pyridine rings is 1. The van der Waals surface area contributed by atoms with E-state index in [0.717, 1.165) is 16.3 Å². The molecule has 0 amide bonds. The standard InChI is InChI=1S/C15H17ClN4/c1-10(11-3-5-12(16)6-4-11)20(2)13-7-8-19-14(9-13)15(17)18/h3-10H,1-2H3,(H3,17,18). The van der Waals surface area contributed by atoms with E-state index in [-0.39, 0.29) is 11.9 Å². The number of hydrogen-bond donors (Lipinski definition) is 2. The molecule has 0 spiro atoms. The first kappa shape index (κ1) is 14.3. The number of nitrogens with one attached hydrogen (secondary N) is 1. The van der Waals surface area contributed by atoms with Crippen molar-refractivity contribution in [2.24, 2.45) is 5.73 Å². The third-order valence-electron chi connectivity index (χ3n) is 3.36. The summed E-state index contributed by atoms with van der Waals surface area (Å²) in [6, 6.07) is 11.7. The lowest BCUT2D eigenvalue weighted by molar-refractivity contribution is 0.739. The maximum atomic E-state index is 7.45. The molecule has 0 fully saturated rings. The molecule has 20 heavy (non-hydrogen) atoms. The number of nitrogens with two attached hydrogens (primary N) is 1. The Kier molecular flexibility index (Phi) is 4.25. The van der Waals surface area contributed by atoms with E-state index in [9.17, 15) is 0 Å². The monoisotopic (exact) mass is 288 g/mol. The van der Waals surface area contributed by atoms with Gasteiger partial charge in [0.1, 0.15) is 11.5 Å². The van der Waals surface area contributed by atoms with Crippen LogP contribution in [0.1, 0.15) is 24.2 Å². The maximum Gasteiger partial charge on any atom is 0.141 e. The van der Waals surface area contributed by atoms with Crippen molar-refractivity contribution in [3.8, 4) is 0 Å². The quantitative estimate of drug-likeness (QED) is 0.670. The molecular formula is C15H17ClN4. The first-order valence-corrected chi connectivity index (χ1v) is 6.65. The topological polar surface area (TPSA) is 66.0 Å². The van der Waals surface area contributed by atoms with Gasteiger partial charge in [-0.05, 0) is 36.8 Å². The second-order valence-corrected chi connectivity index (χ2v) is 5.09. The molecule has 0 bridgehead atoms. The van der Waals surface area contributed by atoms with Crippen molar-refractivity contribution in [2.75, 3.05) is 11.9 Å². The molecular weight excluding hydrogens is 272 g/mol. The minimum absolute atomic E-state index is 0.0283. The highest BCUT2D eigenvalue weighted by atomic mass is 35.5. The lowest BCUT2D eigenvalue weighted by Gasteiger charge is -2.27. The van der Waals surface area contributed by atoms with Crippen molar-refractivity contribution in [1.29, 1.82) is 5.41 Å². The van der Waals surface area contributed by atoms with Crippen LogP contribution in [0.15, 0.2) is 42.6 Å². The predicted octanol–water partition coefficient (Wildman–Crippen LogP) is 3.22. The van der Waals surface area contributed by atoms with Crippen LogP contribution in [0.5, 0.6) is 0 Å². The first-order valence-electron chi connectivity index (χ1n) is 6.28. The largest absolute Gasteiger partial charge is 0.382 e. The van der Waals surface area contributed by atoms with Gasteiger partial charge in [-0.2, -0.15) is 0 Å². The smallest absolute Gasteiger partial charge is 0.141 e. The van der Waals surface area contributed by atoms with Crippen LogP contribution in [-0.2, 0) is 0 Å². The molecule has 1 atom stereocenters. The highest BCUT2D eigenvalue weighted by Crippen LogP contribution is 2.26. The number of hydrogen-bond acceptors (Lipinski definition) is 3. The van der Waals surface area contributed by atoms with Crippen LogP contribution >= 0.6 is 11.6 Å². The van der Waals surface area contributed by atoms with Crippen LogP contribution in [0.25, 0.3) is 0 Å². The van der Waals surface area contributed by atoms with Gasteiger partial charge < -0.3 is 10.6 Å². The Hall–Kier alpha value is -2.07. The van der Waals surface area contributed by atoms with Gasteiger partial charge in [0.2, 0.25) is 0 Å². The molecule has 2 aromatic rings. The fourth-order valence-electron chi connectivity index (χ4n) is 1.97. The molecule has 1 unspecified atom stereocenters. The Bertz CT molecular complexity index is 610. The normalized spacial score (nSPS) is 11.9. The molecule has 0 saturated carbocycles. The average Bonchev–Trinajstić information content (AvgIpc) is 2.46. The van der Waals surface area contributed by atoms with Crippen LogP contribution in [0.2, 0.25) is 5.02 Å². The van der Waals surface area contributed by atoms with Gasteiger partial charge in [0.15, 0.2) is 0 Å². The highest BCUT2D eigenvalue weighted by molar-refractivity contribution is 6.30. The number of amidine groups is 1. The van der Waals surface area contributed by atoms with Gasteiger partial charge in [-0.25, -0.2) is 0 Å². The zero-order valence-corrected chi connectivity index (χ0v) is 12.2. The molecule has 104 valence electrons. The van der Waals surface area contributed by atoms with Crippen LogP contribution in [0.3, 0.4) is 0 Å². The van der Waals surface area contributed by atoms with Crippen molar-refractivity contribution in [3.05, 3.63) is 58.9 Å². The predicted molar refractivity (Wildman–Crippen MR) is 83.5 cm³/mol. The molecule has 0 aliphatic carbocycles. The summed E-state index contributed by atoms with van der Waals surface area (Å²) in [6.07, 6.45) is 1.66. The number of anilines is 1. The van der Waals surface area contributed by atoms with Gasteiger partial charge in [0.25, 0.3) is 0 Å². The van der Waals surface area contributed by atoms with Gasteiger partial charge >= 0.3 is 0 Å².